The van der Waals surface area contributed by atoms with Gasteiger partial charge in [0.05, 0.1) is 44.7 Å². The summed E-state index contributed by atoms with van der Waals surface area (Å²) < 4.78 is 4.93. The molecule has 0 radical (unpaired) electrons. The summed E-state index contributed by atoms with van der Waals surface area (Å²) >= 11 is 0. The summed E-state index contributed by atoms with van der Waals surface area (Å²) in [6.07, 6.45) is 21.1. The predicted octanol–water partition coefficient (Wildman–Crippen LogP) is 14.2. The van der Waals surface area contributed by atoms with E-state index in [0.717, 1.165) is 97.2 Å². The average molecular weight is 899 g/mol. The number of rotatable bonds is 7. The standard InChI is InChI=1S/C62H42N8/c1-3-17-41(18-4-1)58-65-59(42-19-5-2-6-20-42)67-60(66-58)43-31-29-40(30-32-43)44-37-53(68-48-24-10-7-21-45(48)46-22-8-11-25-49(46)68)57(69-51-27-15-35-63-55(51)56-52(69)28-16-36-64-56)54(38-44)70-50-26-12-9-23-47(50)61-33-13-14-34-62(61,70)39-61/h1-8,10-22,24-38H,9,23,39H2. The highest BCUT2D eigenvalue weighted by atomic mass is 15.3. The molecule has 11 aromatic rings. The first-order valence-electron chi connectivity index (χ1n) is 24.1. The molecule has 2 unspecified atom stereocenters. The number of hydrogen-bond donors (Lipinski definition) is 0. The van der Waals surface area contributed by atoms with Crippen molar-refractivity contribution in [3.05, 3.63) is 230 Å². The molecule has 0 bridgehead atoms. The zero-order valence-corrected chi connectivity index (χ0v) is 38.0. The summed E-state index contributed by atoms with van der Waals surface area (Å²) in [6.45, 7) is 0. The Balaban J connectivity index is 1.02. The van der Waals surface area contributed by atoms with Crippen molar-refractivity contribution in [3.8, 4) is 56.7 Å². The Morgan fingerprint density at radius 2 is 0.986 bits per heavy atom. The van der Waals surface area contributed by atoms with E-state index >= 15 is 0 Å². The number of nitrogens with zero attached hydrogens (tertiary/aromatic N) is 8. The van der Waals surface area contributed by atoms with Crippen molar-refractivity contribution >= 4 is 49.6 Å². The van der Waals surface area contributed by atoms with Gasteiger partial charge in [-0.15, -0.1) is 0 Å². The van der Waals surface area contributed by atoms with E-state index in [2.05, 4.69) is 148 Å². The topological polar surface area (TPSA) is 77.5 Å². The molecule has 0 spiro atoms. The van der Waals surface area contributed by atoms with Gasteiger partial charge in [-0.2, -0.15) is 0 Å². The Morgan fingerprint density at radius 3 is 1.61 bits per heavy atom. The monoisotopic (exact) mass is 898 g/mol. The number of allylic oxidation sites excluding steroid dienone is 4. The lowest BCUT2D eigenvalue weighted by Gasteiger charge is -2.35. The summed E-state index contributed by atoms with van der Waals surface area (Å²) in [5.74, 6) is 1.90. The van der Waals surface area contributed by atoms with Crippen LogP contribution in [-0.4, -0.2) is 39.6 Å². The van der Waals surface area contributed by atoms with Gasteiger partial charge in [-0.05, 0) is 90.6 Å². The number of aromatic nitrogens is 7. The number of pyridine rings is 2. The third-order valence-electron chi connectivity index (χ3n) is 15.2. The molecule has 1 saturated carbocycles. The van der Waals surface area contributed by atoms with Gasteiger partial charge in [0.25, 0.3) is 0 Å². The highest BCUT2D eigenvalue weighted by molar-refractivity contribution is 6.11. The molecule has 2 atom stereocenters. The first-order valence-corrected chi connectivity index (χ1v) is 24.1. The maximum atomic E-state index is 5.08. The Morgan fingerprint density at radius 1 is 0.457 bits per heavy atom. The second kappa shape index (κ2) is 14.7. The molecular weight excluding hydrogens is 857 g/mol. The van der Waals surface area contributed by atoms with Crippen LogP contribution in [0.15, 0.2) is 230 Å². The molecule has 1 fully saturated rings. The van der Waals surface area contributed by atoms with Crippen molar-refractivity contribution in [1.29, 1.82) is 0 Å². The lowest BCUT2D eigenvalue weighted by atomic mass is 9.85. The van der Waals surface area contributed by atoms with Crippen molar-refractivity contribution in [3.63, 3.8) is 0 Å². The maximum absolute atomic E-state index is 5.08. The normalized spacial score (nSPS) is 18.8. The Kier molecular flexibility index (Phi) is 8.22. The third kappa shape index (κ3) is 5.50. The molecule has 0 amide bonds. The molecule has 330 valence electrons. The molecule has 0 N–H and O–H groups in total. The third-order valence-corrected chi connectivity index (χ3v) is 15.2. The minimum Gasteiger partial charge on any atom is -0.329 e. The van der Waals surface area contributed by atoms with Gasteiger partial charge in [-0.3, -0.25) is 9.97 Å². The molecule has 6 aromatic carbocycles. The second-order valence-electron chi connectivity index (χ2n) is 18.9. The van der Waals surface area contributed by atoms with E-state index in [1.165, 1.54) is 22.0 Å². The first kappa shape index (κ1) is 39.0. The average Bonchev–Trinajstić information content (AvgIpc) is 3.73. The number of fused-ring (bicyclic) bond motifs is 6. The van der Waals surface area contributed by atoms with Gasteiger partial charge < -0.3 is 14.0 Å². The first-order chi connectivity index (χ1) is 34.7. The highest BCUT2D eigenvalue weighted by Crippen LogP contribution is 2.75. The van der Waals surface area contributed by atoms with Gasteiger partial charge in [-0.1, -0.05) is 152 Å². The predicted molar refractivity (Wildman–Crippen MR) is 282 cm³/mol. The van der Waals surface area contributed by atoms with Crippen LogP contribution >= 0.6 is 0 Å². The van der Waals surface area contributed by atoms with E-state index in [-0.39, 0.29) is 11.0 Å². The quantitative estimate of drug-likeness (QED) is 0.159. The summed E-state index contributed by atoms with van der Waals surface area (Å²) in [5, 5.41) is 2.41. The summed E-state index contributed by atoms with van der Waals surface area (Å²) in [4.78, 5) is 27.9. The van der Waals surface area contributed by atoms with Crippen molar-refractivity contribution in [2.75, 3.05) is 4.90 Å². The number of para-hydroxylation sites is 2. The van der Waals surface area contributed by atoms with Crippen LogP contribution in [0.4, 0.5) is 5.69 Å². The molecule has 1 aliphatic heterocycles. The van der Waals surface area contributed by atoms with Crippen molar-refractivity contribution in [1.82, 2.24) is 34.1 Å². The lowest BCUT2D eigenvalue weighted by Crippen LogP contribution is -2.36. The van der Waals surface area contributed by atoms with Crippen LogP contribution in [0.1, 0.15) is 19.3 Å². The van der Waals surface area contributed by atoms with Crippen LogP contribution in [0, 0.1) is 5.41 Å². The van der Waals surface area contributed by atoms with Crippen molar-refractivity contribution in [2.24, 2.45) is 5.41 Å². The molecule has 70 heavy (non-hydrogen) atoms. The van der Waals surface area contributed by atoms with Crippen LogP contribution < -0.4 is 4.90 Å². The van der Waals surface area contributed by atoms with Gasteiger partial charge in [0.1, 0.15) is 11.0 Å². The van der Waals surface area contributed by atoms with E-state index in [9.17, 15) is 0 Å². The second-order valence-corrected chi connectivity index (χ2v) is 18.9. The molecule has 3 aliphatic carbocycles. The number of benzene rings is 6. The van der Waals surface area contributed by atoms with Crippen LogP contribution in [0.2, 0.25) is 0 Å². The van der Waals surface area contributed by atoms with Gasteiger partial charge in [0.2, 0.25) is 0 Å². The molecule has 8 nitrogen and oxygen atoms in total. The zero-order valence-electron chi connectivity index (χ0n) is 38.0. The summed E-state index contributed by atoms with van der Waals surface area (Å²) in [6, 6.07) is 60.0. The molecule has 4 aliphatic rings. The highest BCUT2D eigenvalue weighted by Gasteiger charge is 2.75. The fourth-order valence-electron chi connectivity index (χ4n) is 12.1. The fourth-order valence-corrected chi connectivity index (χ4v) is 12.1. The molecule has 0 saturated heterocycles. The van der Waals surface area contributed by atoms with E-state index in [4.69, 9.17) is 24.9 Å². The molecule has 8 heteroatoms. The molecule has 15 rings (SSSR count). The van der Waals surface area contributed by atoms with E-state index in [1.807, 2.05) is 85.2 Å². The van der Waals surface area contributed by atoms with Crippen molar-refractivity contribution < 1.29 is 0 Å². The van der Waals surface area contributed by atoms with Crippen LogP contribution in [-0.2, 0) is 0 Å². The van der Waals surface area contributed by atoms with E-state index in [0.29, 0.717) is 17.5 Å². The molecular formula is C62H42N8. The van der Waals surface area contributed by atoms with Crippen LogP contribution in [0.5, 0.6) is 0 Å². The van der Waals surface area contributed by atoms with Crippen molar-refractivity contribution in [2.45, 2.75) is 24.8 Å². The SMILES string of the molecule is C1=CC23CC2(C=C1)N(c1cc(-c2ccc(-c4nc(-c5ccccc5)nc(-c5ccccc5)n4)cc2)cc(-n2c4ccccc4c4ccccc42)c1-n1c2cccnc2c2ncccc21)C1=C3CCC=C1. The summed E-state index contributed by atoms with van der Waals surface area (Å²) in [7, 11) is 0. The number of anilines is 1. The van der Waals surface area contributed by atoms with Gasteiger partial charge >= 0.3 is 0 Å². The Bertz CT molecular complexity index is 3940. The van der Waals surface area contributed by atoms with Crippen LogP contribution in [0.25, 0.3) is 101 Å². The largest absolute Gasteiger partial charge is 0.329 e. The Hall–Kier alpha value is -9.01. The van der Waals surface area contributed by atoms with Gasteiger partial charge in [0, 0.05) is 51.0 Å². The minimum atomic E-state index is -0.253. The molecule has 6 heterocycles. The fraction of sp³-hybridized carbons (Fsp3) is 0.0806. The maximum Gasteiger partial charge on any atom is 0.164 e. The zero-order chi connectivity index (χ0) is 46.0. The summed E-state index contributed by atoms with van der Waals surface area (Å²) in [5.41, 5.74) is 16.8. The van der Waals surface area contributed by atoms with E-state index in [1.54, 1.807) is 0 Å². The van der Waals surface area contributed by atoms with Gasteiger partial charge in [0.15, 0.2) is 17.5 Å². The lowest BCUT2D eigenvalue weighted by molar-refractivity contribution is 0.655. The number of hydrogen-bond acceptors (Lipinski definition) is 6. The molecule has 5 aromatic heterocycles. The Labute approximate surface area is 403 Å². The minimum absolute atomic E-state index is 0.0601. The van der Waals surface area contributed by atoms with E-state index < -0.39 is 0 Å². The van der Waals surface area contributed by atoms with Gasteiger partial charge in [-0.25, -0.2) is 15.0 Å². The van der Waals surface area contributed by atoms with Crippen LogP contribution in [0.3, 0.4) is 0 Å². The smallest absolute Gasteiger partial charge is 0.164 e.